The molecule has 0 unspecified atom stereocenters. The molecule has 0 N–H and O–H groups in total. The van der Waals surface area contributed by atoms with Crippen molar-refractivity contribution in [3.63, 3.8) is 0 Å². The highest BCUT2D eigenvalue weighted by atomic mass is 16.5. The number of likely N-dealkylation sites (tertiary alicyclic amines) is 1. The average molecular weight is 362 g/mol. The van der Waals surface area contributed by atoms with Gasteiger partial charge in [0.1, 0.15) is 11.5 Å². The lowest BCUT2D eigenvalue weighted by molar-refractivity contribution is -0.136. The smallest absolute Gasteiger partial charge is 0.237 e. The van der Waals surface area contributed by atoms with Crippen LogP contribution >= 0.6 is 0 Å². The Hall–Kier alpha value is -1.79. The van der Waals surface area contributed by atoms with E-state index in [-0.39, 0.29) is 24.2 Å². The summed E-state index contributed by atoms with van der Waals surface area (Å²) >= 11 is 0. The van der Waals surface area contributed by atoms with Crippen LogP contribution in [0.2, 0.25) is 0 Å². The van der Waals surface area contributed by atoms with Crippen LogP contribution in [0.5, 0.6) is 11.5 Å². The standard InChI is InChI=1S/C20H30N2O4/c1-14-11-21(12-15(2)26-14)13-20(23)22-9-5-6-18(22)17-10-16(24-3)7-8-19(17)25-4/h7-8,10,14-15,18H,5-6,9,11-13H2,1-4H3/t14-,15+,18-/m0/s1. The van der Waals surface area contributed by atoms with Gasteiger partial charge in [-0.15, -0.1) is 0 Å². The summed E-state index contributed by atoms with van der Waals surface area (Å²) in [6.07, 6.45) is 2.29. The zero-order chi connectivity index (χ0) is 18.7. The zero-order valence-electron chi connectivity index (χ0n) is 16.2. The van der Waals surface area contributed by atoms with E-state index in [2.05, 4.69) is 18.7 Å². The highest BCUT2D eigenvalue weighted by Crippen LogP contribution is 2.39. The number of nitrogens with zero attached hydrogens (tertiary/aromatic N) is 2. The first-order chi connectivity index (χ1) is 12.5. The first-order valence-corrected chi connectivity index (χ1v) is 9.41. The molecule has 3 rings (SSSR count). The summed E-state index contributed by atoms with van der Waals surface area (Å²) in [7, 11) is 3.33. The summed E-state index contributed by atoms with van der Waals surface area (Å²) < 4.78 is 16.7. The topological polar surface area (TPSA) is 51.2 Å². The van der Waals surface area contributed by atoms with Crippen molar-refractivity contribution < 1.29 is 19.0 Å². The summed E-state index contributed by atoms with van der Waals surface area (Å²) in [6.45, 7) is 6.97. The van der Waals surface area contributed by atoms with Crippen LogP contribution in [0.25, 0.3) is 0 Å². The number of methoxy groups -OCH3 is 2. The SMILES string of the molecule is COc1ccc(OC)c([C@@H]2CCCN2C(=O)CN2C[C@@H](C)O[C@@H](C)C2)c1. The molecule has 0 radical (unpaired) electrons. The molecule has 2 aliphatic rings. The third-order valence-corrected chi connectivity index (χ3v) is 5.22. The largest absolute Gasteiger partial charge is 0.497 e. The van der Waals surface area contributed by atoms with Gasteiger partial charge in [-0.2, -0.15) is 0 Å². The quantitative estimate of drug-likeness (QED) is 0.805. The Balaban J connectivity index is 1.74. The number of hydrogen-bond donors (Lipinski definition) is 0. The zero-order valence-corrected chi connectivity index (χ0v) is 16.2. The van der Waals surface area contributed by atoms with Crippen molar-refractivity contribution in [2.24, 2.45) is 0 Å². The van der Waals surface area contributed by atoms with Gasteiger partial charge in [0.15, 0.2) is 0 Å². The van der Waals surface area contributed by atoms with E-state index in [0.29, 0.717) is 6.54 Å². The fourth-order valence-corrected chi connectivity index (χ4v) is 4.18. The van der Waals surface area contributed by atoms with Crippen molar-refractivity contribution in [2.45, 2.75) is 44.9 Å². The lowest BCUT2D eigenvalue weighted by Gasteiger charge is -2.36. The number of carbonyl (C=O) groups excluding carboxylic acids is 1. The van der Waals surface area contributed by atoms with Crippen LogP contribution in [-0.2, 0) is 9.53 Å². The molecule has 0 bridgehead atoms. The number of rotatable bonds is 5. The highest BCUT2D eigenvalue weighted by molar-refractivity contribution is 5.79. The van der Waals surface area contributed by atoms with Crippen molar-refractivity contribution in [1.82, 2.24) is 9.80 Å². The van der Waals surface area contributed by atoms with Gasteiger partial charge in [0, 0.05) is 25.2 Å². The lowest BCUT2D eigenvalue weighted by Crippen LogP contribution is -2.49. The number of benzene rings is 1. The second-order valence-electron chi connectivity index (χ2n) is 7.30. The molecule has 26 heavy (non-hydrogen) atoms. The monoisotopic (exact) mass is 362 g/mol. The number of carbonyl (C=O) groups is 1. The molecule has 2 heterocycles. The van der Waals surface area contributed by atoms with Crippen molar-refractivity contribution in [3.05, 3.63) is 23.8 Å². The fraction of sp³-hybridized carbons (Fsp3) is 0.650. The molecule has 0 aliphatic carbocycles. The van der Waals surface area contributed by atoms with E-state index < -0.39 is 0 Å². The number of ether oxygens (including phenoxy) is 3. The van der Waals surface area contributed by atoms with Gasteiger partial charge < -0.3 is 19.1 Å². The Labute approximate surface area is 156 Å². The Kier molecular flexibility index (Phi) is 6.04. The van der Waals surface area contributed by atoms with Crippen LogP contribution in [0.15, 0.2) is 18.2 Å². The van der Waals surface area contributed by atoms with Crippen molar-refractivity contribution in [2.75, 3.05) is 40.4 Å². The predicted molar refractivity (Wildman–Crippen MR) is 99.7 cm³/mol. The molecule has 1 amide bonds. The third-order valence-electron chi connectivity index (χ3n) is 5.22. The average Bonchev–Trinajstić information content (AvgIpc) is 3.10. The van der Waals surface area contributed by atoms with Crippen molar-refractivity contribution in [3.8, 4) is 11.5 Å². The van der Waals surface area contributed by atoms with Gasteiger partial charge in [-0.3, -0.25) is 9.69 Å². The minimum absolute atomic E-state index is 0.0448. The first-order valence-electron chi connectivity index (χ1n) is 9.41. The molecule has 3 atom stereocenters. The van der Waals surface area contributed by atoms with E-state index in [1.54, 1.807) is 14.2 Å². The van der Waals surface area contributed by atoms with E-state index in [1.807, 2.05) is 23.1 Å². The molecule has 2 saturated heterocycles. The summed E-state index contributed by atoms with van der Waals surface area (Å²) in [5.74, 6) is 1.78. The Morgan fingerprint density at radius 2 is 1.92 bits per heavy atom. The number of morpholine rings is 1. The molecular weight excluding hydrogens is 332 g/mol. The maximum Gasteiger partial charge on any atom is 0.237 e. The molecule has 2 fully saturated rings. The van der Waals surface area contributed by atoms with Crippen LogP contribution in [-0.4, -0.2) is 68.3 Å². The van der Waals surface area contributed by atoms with Crippen LogP contribution in [0.4, 0.5) is 0 Å². The van der Waals surface area contributed by atoms with Gasteiger partial charge in [0.05, 0.1) is 39.0 Å². The minimum Gasteiger partial charge on any atom is -0.497 e. The lowest BCUT2D eigenvalue weighted by atomic mass is 10.0. The van der Waals surface area contributed by atoms with Gasteiger partial charge in [-0.25, -0.2) is 0 Å². The van der Waals surface area contributed by atoms with Crippen LogP contribution in [0.3, 0.4) is 0 Å². The number of amides is 1. The minimum atomic E-state index is 0.0448. The van der Waals surface area contributed by atoms with Gasteiger partial charge in [0.2, 0.25) is 5.91 Å². The highest BCUT2D eigenvalue weighted by Gasteiger charge is 2.34. The fourth-order valence-electron chi connectivity index (χ4n) is 4.18. The molecule has 0 spiro atoms. The predicted octanol–water partition coefficient (Wildman–Crippen LogP) is 2.48. The van der Waals surface area contributed by atoms with Crippen LogP contribution in [0.1, 0.15) is 38.3 Å². The van der Waals surface area contributed by atoms with Crippen molar-refractivity contribution in [1.29, 1.82) is 0 Å². The van der Waals surface area contributed by atoms with E-state index in [4.69, 9.17) is 14.2 Å². The first kappa shape index (κ1) is 19.0. The van der Waals surface area contributed by atoms with Gasteiger partial charge in [-0.1, -0.05) is 0 Å². The molecule has 2 aliphatic heterocycles. The van der Waals surface area contributed by atoms with Crippen LogP contribution < -0.4 is 9.47 Å². The Morgan fingerprint density at radius 1 is 1.19 bits per heavy atom. The normalized spacial score (nSPS) is 26.8. The van der Waals surface area contributed by atoms with E-state index in [9.17, 15) is 4.79 Å². The summed E-state index contributed by atoms with van der Waals surface area (Å²) in [5, 5.41) is 0. The van der Waals surface area contributed by atoms with Gasteiger partial charge in [0.25, 0.3) is 0 Å². The molecule has 6 heteroatoms. The van der Waals surface area contributed by atoms with Crippen LogP contribution in [0, 0.1) is 0 Å². The Bertz CT molecular complexity index is 626. The second kappa shape index (κ2) is 8.27. The maximum atomic E-state index is 13.0. The van der Waals surface area contributed by atoms with Crippen molar-refractivity contribution >= 4 is 5.91 Å². The summed E-state index contributed by atoms with van der Waals surface area (Å²) in [4.78, 5) is 17.2. The van der Waals surface area contributed by atoms with E-state index in [0.717, 1.165) is 49.5 Å². The maximum absolute atomic E-state index is 13.0. The molecular formula is C20H30N2O4. The second-order valence-corrected chi connectivity index (χ2v) is 7.30. The third kappa shape index (κ3) is 4.13. The Morgan fingerprint density at radius 3 is 2.58 bits per heavy atom. The summed E-state index contributed by atoms with van der Waals surface area (Å²) in [5.41, 5.74) is 1.03. The van der Waals surface area contributed by atoms with E-state index >= 15 is 0 Å². The van der Waals surface area contributed by atoms with Gasteiger partial charge >= 0.3 is 0 Å². The molecule has 0 saturated carbocycles. The van der Waals surface area contributed by atoms with E-state index in [1.165, 1.54) is 0 Å². The molecule has 1 aromatic carbocycles. The summed E-state index contributed by atoms with van der Waals surface area (Å²) in [6, 6.07) is 5.84. The molecule has 0 aromatic heterocycles. The number of hydrogen-bond acceptors (Lipinski definition) is 5. The molecule has 1 aromatic rings. The molecule has 144 valence electrons. The van der Waals surface area contributed by atoms with Gasteiger partial charge in [-0.05, 0) is 44.9 Å². The molecule has 6 nitrogen and oxygen atoms in total.